The van der Waals surface area contributed by atoms with Gasteiger partial charge in [0.25, 0.3) is 11.5 Å². The Kier molecular flexibility index (Phi) is 6.05. The number of pyridine rings is 2. The van der Waals surface area contributed by atoms with E-state index in [1.165, 1.54) is 49.5 Å². The van der Waals surface area contributed by atoms with E-state index in [0.29, 0.717) is 29.8 Å². The van der Waals surface area contributed by atoms with Crippen LogP contribution in [-0.2, 0) is 0 Å². The second kappa shape index (κ2) is 9.05. The van der Waals surface area contributed by atoms with E-state index in [9.17, 15) is 9.59 Å². The maximum Gasteiger partial charge on any atom is 0.262 e. The molecule has 0 aromatic carbocycles. The molecule has 1 aliphatic carbocycles. The maximum absolute atomic E-state index is 12.7. The number of H-pyrrole nitrogens is 1. The van der Waals surface area contributed by atoms with Crippen molar-refractivity contribution < 1.29 is 9.53 Å². The van der Waals surface area contributed by atoms with Crippen molar-refractivity contribution in [2.75, 3.05) is 11.9 Å². The summed E-state index contributed by atoms with van der Waals surface area (Å²) in [6.07, 6.45) is 7.73. The van der Waals surface area contributed by atoms with E-state index in [1.807, 2.05) is 17.5 Å². The van der Waals surface area contributed by atoms with Gasteiger partial charge in [-0.2, -0.15) is 0 Å². The first-order valence-corrected chi connectivity index (χ1v) is 10.7. The van der Waals surface area contributed by atoms with Crippen LogP contribution >= 0.6 is 11.3 Å². The molecule has 0 spiro atoms. The minimum absolute atomic E-state index is 0.0363. The SMILES string of the molecule is O=C(Nc1ncccc1OCC1CCCCC1)c1ccc(-c2cccs2)[nH]c1=O. The van der Waals surface area contributed by atoms with Gasteiger partial charge < -0.3 is 15.0 Å². The monoisotopic (exact) mass is 409 g/mol. The van der Waals surface area contributed by atoms with E-state index in [4.69, 9.17) is 4.74 Å². The third kappa shape index (κ3) is 4.74. The fourth-order valence-electron chi connectivity index (χ4n) is 3.57. The highest BCUT2D eigenvalue weighted by Gasteiger charge is 2.17. The first-order valence-electron chi connectivity index (χ1n) is 9.87. The third-order valence-corrected chi connectivity index (χ3v) is 6.05. The minimum atomic E-state index is -0.509. The van der Waals surface area contributed by atoms with Gasteiger partial charge in [-0.3, -0.25) is 9.59 Å². The van der Waals surface area contributed by atoms with Gasteiger partial charge in [0.1, 0.15) is 5.56 Å². The standard InChI is InChI=1S/C22H23N3O3S/c26-21-16(10-11-17(24-21)19-9-5-13-29-19)22(27)25-20-18(8-4-12-23-20)28-14-15-6-2-1-3-7-15/h4-5,8-13,15H,1-3,6-7,14H2,(H,24,26)(H,23,25,27). The van der Waals surface area contributed by atoms with E-state index < -0.39 is 11.5 Å². The van der Waals surface area contributed by atoms with Gasteiger partial charge >= 0.3 is 0 Å². The molecule has 3 heterocycles. The number of amides is 1. The summed E-state index contributed by atoms with van der Waals surface area (Å²) in [6, 6.07) is 10.7. The van der Waals surface area contributed by atoms with Crippen molar-refractivity contribution in [3.8, 4) is 16.3 Å². The molecule has 150 valence electrons. The lowest BCUT2D eigenvalue weighted by Gasteiger charge is -2.22. The Hall–Kier alpha value is -2.93. The number of hydrogen-bond donors (Lipinski definition) is 2. The summed E-state index contributed by atoms with van der Waals surface area (Å²) >= 11 is 1.52. The van der Waals surface area contributed by atoms with Crippen molar-refractivity contribution in [1.82, 2.24) is 9.97 Å². The molecule has 0 saturated heterocycles. The first-order chi connectivity index (χ1) is 14.2. The Bertz CT molecular complexity index is 1020. The van der Waals surface area contributed by atoms with Crippen LogP contribution in [0.5, 0.6) is 5.75 Å². The van der Waals surface area contributed by atoms with E-state index >= 15 is 0 Å². The lowest BCUT2D eigenvalue weighted by molar-refractivity contribution is 0.102. The van der Waals surface area contributed by atoms with Crippen molar-refractivity contribution in [3.63, 3.8) is 0 Å². The molecular weight excluding hydrogens is 386 g/mol. The molecule has 3 aromatic rings. The van der Waals surface area contributed by atoms with Gasteiger partial charge in [-0.05, 0) is 54.5 Å². The molecule has 1 aliphatic rings. The van der Waals surface area contributed by atoms with Crippen LogP contribution in [0.3, 0.4) is 0 Å². The minimum Gasteiger partial charge on any atom is -0.489 e. The average Bonchev–Trinajstić information content (AvgIpc) is 3.29. The number of nitrogens with zero attached hydrogens (tertiary/aromatic N) is 1. The van der Waals surface area contributed by atoms with Crippen LogP contribution in [0.2, 0.25) is 0 Å². The van der Waals surface area contributed by atoms with Gasteiger partial charge in [-0.15, -0.1) is 11.3 Å². The maximum atomic E-state index is 12.7. The summed E-state index contributed by atoms with van der Waals surface area (Å²) < 4.78 is 5.95. The van der Waals surface area contributed by atoms with Gasteiger partial charge in [0, 0.05) is 6.20 Å². The van der Waals surface area contributed by atoms with Crippen LogP contribution in [0.25, 0.3) is 10.6 Å². The second-order valence-electron chi connectivity index (χ2n) is 7.21. The van der Waals surface area contributed by atoms with Crippen LogP contribution < -0.4 is 15.6 Å². The number of carbonyl (C=O) groups is 1. The van der Waals surface area contributed by atoms with E-state index in [-0.39, 0.29) is 5.56 Å². The highest BCUT2D eigenvalue weighted by Crippen LogP contribution is 2.27. The van der Waals surface area contributed by atoms with Crippen LogP contribution in [-0.4, -0.2) is 22.5 Å². The molecule has 3 aromatic heterocycles. The fourth-order valence-corrected chi connectivity index (χ4v) is 4.27. The lowest BCUT2D eigenvalue weighted by atomic mass is 9.90. The molecular formula is C22H23N3O3S. The van der Waals surface area contributed by atoms with E-state index in [2.05, 4.69) is 15.3 Å². The molecule has 1 fully saturated rings. The highest BCUT2D eigenvalue weighted by atomic mass is 32.1. The summed E-state index contributed by atoms with van der Waals surface area (Å²) in [5.74, 6) is 0.887. The van der Waals surface area contributed by atoms with Crippen LogP contribution in [0.15, 0.2) is 52.8 Å². The quantitative estimate of drug-likeness (QED) is 0.617. The predicted molar refractivity (Wildman–Crippen MR) is 115 cm³/mol. The van der Waals surface area contributed by atoms with Crippen molar-refractivity contribution in [2.24, 2.45) is 5.92 Å². The molecule has 0 bridgehead atoms. The van der Waals surface area contributed by atoms with E-state index in [1.54, 1.807) is 24.4 Å². The zero-order chi connectivity index (χ0) is 20.1. The number of anilines is 1. The summed E-state index contributed by atoms with van der Waals surface area (Å²) in [7, 11) is 0. The smallest absolute Gasteiger partial charge is 0.262 e. The number of aromatic nitrogens is 2. The number of nitrogens with one attached hydrogen (secondary N) is 2. The van der Waals surface area contributed by atoms with Crippen molar-refractivity contribution >= 4 is 23.1 Å². The Morgan fingerprint density at radius 2 is 2.03 bits per heavy atom. The molecule has 4 rings (SSSR count). The molecule has 7 heteroatoms. The lowest BCUT2D eigenvalue weighted by Crippen LogP contribution is -2.24. The Morgan fingerprint density at radius 1 is 1.17 bits per heavy atom. The third-order valence-electron chi connectivity index (χ3n) is 5.14. The molecule has 0 atom stereocenters. The fraction of sp³-hybridized carbons (Fsp3) is 0.318. The van der Waals surface area contributed by atoms with Crippen LogP contribution in [0.1, 0.15) is 42.5 Å². The molecule has 0 radical (unpaired) electrons. The Labute approximate surface area is 173 Å². The number of rotatable bonds is 6. The number of hydrogen-bond acceptors (Lipinski definition) is 5. The van der Waals surface area contributed by atoms with Crippen molar-refractivity contribution in [2.45, 2.75) is 32.1 Å². The summed E-state index contributed by atoms with van der Waals surface area (Å²) in [5, 5.41) is 4.65. The second-order valence-corrected chi connectivity index (χ2v) is 8.16. The van der Waals surface area contributed by atoms with Crippen molar-refractivity contribution in [3.05, 3.63) is 63.9 Å². The topological polar surface area (TPSA) is 84.1 Å². The molecule has 6 nitrogen and oxygen atoms in total. The highest BCUT2D eigenvalue weighted by molar-refractivity contribution is 7.13. The van der Waals surface area contributed by atoms with Gasteiger partial charge in [0.2, 0.25) is 0 Å². The number of thiophene rings is 1. The molecule has 1 saturated carbocycles. The summed E-state index contributed by atoms with van der Waals surface area (Å²) in [6.45, 7) is 0.616. The van der Waals surface area contributed by atoms with E-state index in [0.717, 1.165) is 4.88 Å². The van der Waals surface area contributed by atoms with Gasteiger partial charge in [-0.25, -0.2) is 4.98 Å². The predicted octanol–water partition coefficient (Wildman–Crippen LogP) is 4.71. The Balaban J connectivity index is 1.46. The molecule has 1 amide bonds. The molecule has 0 aliphatic heterocycles. The number of aromatic amines is 1. The van der Waals surface area contributed by atoms with Gasteiger partial charge in [0.05, 0.1) is 17.2 Å². The first kappa shape index (κ1) is 19.4. The molecule has 2 N–H and O–H groups in total. The average molecular weight is 410 g/mol. The Morgan fingerprint density at radius 3 is 2.79 bits per heavy atom. The molecule has 0 unspecified atom stereocenters. The van der Waals surface area contributed by atoms with Gasteiger partial charge in [0.15, 0.2) is 11.6 Å². The zero-order valence-corrected chi connectivity index (χ0v) is 16.8. The van der Waals surface area contributed by atoms with Gasteiger partial charge in [-0.1, -0.05) is 25.3 Å². The van der Waals surface area contributed by atoms with Crippen molar-refractivity contribution in [1.29, 1.82) is 0 Å². The largest absolute Gasteiger partial charge is 0.489 e. The normalized spacial score (nSPS) is 14.5. The number of carbonyl (C=O) groups excluding carboxylic acids is 1. The summed E-state index contributed by atoms with van der Waals surface area (Å²) in [5.41, 5.74) is 0.291. The summed E-state index contributed by atoms with van der Waals surface area (Å²) in [4.78, 5) is 33.0. The number of ether oxygens (including phenoxy) is 1. The van der Waals surface area contributed by atoms with Crippen LogP contribution in [0.4, 0.5) is 5.82 Å². The van der Waals surface area contributed by atoms with Crippen LogP contribution in [0, 0.1) is 5.92 Å². The zero-order valence-electron chi connectivity index (χ0n) is 16.0. The molecule has 29 heavy (non-hydrogen) atoms.